The van der Waals surface area contributed by atoms with Crippen LogP contribution in [0.2, 0.25) is 0 Å². The Morgan fingerprint density at radius 2 is 1.85 bits per heavy atom. The lowest BCUT2D eigenvalue weighted by atomic mass is 10.1. The molecule has 12 nitrogen and oxygen atoms in total. The highest BCUT2D eigenvalue weighted by Gasteiger charge is 2.27. The number of carbonyl (C=O) groups excluding carboxylic acids is 1. The van der Waals surface area contributed by atoms with Crippen molar-refractivity contribution >= 4 is 23.2 Å². The molecule has 0 N–H and O–H groups in total. The summed E-state index contributed by atoms with van der Waals surface area (Å²) in [6.07, 6.45) is -0.759. The van der Waals surface area contributed by atoms with Crippen LogP contribution in [-0.2, 0) is 9.47 Å². The van der Waals surface area contributed by atoms with E-state index < -0.39 is 22.2 Å². The number of carbonyl (C=O) groups is 1. The number of anilines is 2. The first kappa shape index (κ1) is 27.6. The smallest absolute Gasteiger partial charge is 0.414 e. The van der Waals surface area contributed by atoms with Crippen LogP contribution in [0, 0.1) is 10.1 Å². The molecule has 3 aromatic rings. The lowest BCUT2D eigenvalue weighted by molar-refractivity contribution is -0.384. The van der Waals surface area contributed by atoms with E-state index >= 15 is 0 Å². The Bertz CT molecular complexity index is 1440. The quantitative estimate of drug-likeness (QED) is 0.338. The second kappa shape index (κ2) is 11.1. The maximum absolute atomic E-state index is 13.8. The van der Waals surface area contributed by atoms with Gasteiger partial charge in [-0.05, 0) is 51.1 Å². The number of nitro groups is 1. The summed E-state index contributed by atoms with van der Waals surface area (Å²) >= 11 is 0. The SMILES string of the molecule is COc1cccc(-c2cc(N(C)C(=O)OC(C)(C)C)c(=O)n(-c3cc(N4CCOCC4)ccc3[N+](=O)[O-])n2)c1. The van der Waals surface area contributed by atoms with Gasteiger partial charge in [0.15, 0.2) is 0 Å². The molecule has 1 amide bonds. The second-order valence-corrected chi connectivity index (χ2v) is 9.93. The molecule has 39 heavy (non-hydrogen) atoms. The van der Waals surface area contributed by atoms with Crippen molar-refractivity contribution in [3.05, 3.63) is 69.0 Å². The molecule has 0 saturated carbocycles. The fourth-order valence-corrected chi connectivity index (χ4v) is 4.09. The van der Waals surface area contributed by atoms with Gasteiger partial charge in [-0.15, -0.1) is 0 Å². The van der Waals surface area contributed by atoms with Gasteiger partial charge >= 0.3 is 6.09 Å². The van der Waals surface area contributed by atoms with Gasteiger partial charge in [0.05, 0.1) is 30.9 Å². The Morgan fingerprint density at radius 1 is 1.13 bits per heavy atom. The fraction of sp³-hybridized carbons (Fsp3) is 0.370. The highest BCUT2D eigenvalue weighted by molar-refractivity contribution is 5.88. The summed E-state index contributed by atoms with van der Waals surface area (Å²) in [7, 11) is 2.93. The zero-order valence-corrected chi connectivity index (χ0v) is 22.5. The van der Waals surface area contributed by atoms with Gasteiger partial charge < -0.3 is 19.1 Å². The van der Waals surface area contributed by atoms with Crippen molar-refractivity contribution < 1.29 is 23.9 Å². The number of rotatable bonds is 6. The van der Waals surface area contributed by atoms with Crippen molar-refractivity contribution in [2.75, 3.05) is 50.3 Å². The molecule has 0 aliphatic carbocycles. The predicted molar refractivity (Wildman–Crippen MR) is 146 cm³/mol. The van der Waals surface area contributed by atoms with Gasteiger partial charge in [-0.1, -0.05) is 12.1 Å². The largest absolute Gasteiger partial charge is 0.497 e. The minimum atomic E-state index is -0.807. The molecule has 12 heteroatoms. The first-order valence-electron chi connectivity index (χ1n) is 12.4. The maximum Gasteiger partial charge on any atom is 0.414 e. The van der Waals surface area contributed by atoms with Crippen LogP contribution >= 0.6 is 0 Å². The van der Waals surface area contributed by atoms with Crippen molar-refractivity contribution in [3.8, 4) is 22.7 Å². The van der Waals surface area contributed by atoms with Crippen LogP contribution in [0.15, 0.2) is 53.3 Å². The van der Waals surface area contributed by atoms with Gasteiger partial charge in [-0.2, -0.15) is 9.78 Å². The van der Waals surface area contributed by atoms with E-state index in [0.29, 0.717) is 49.0 Å². The summed E-state index contributed by atoms with van der Waals surface area (Å²) in [6, 6.07) is 13.0. The molecule has 0 bridgehead atoms. The molecule has 1 aliphatic heterocycles. The van der Waals surface area contributed by atoms with E-state index in [1.807, 2.05) is 4.90 Å². The van der Waals surface area contributed by atoms with E-state index in [0.717, 1.165) is 9.58 Å². The monoisotopic (exact) mass is 537 g/mol. The number of hydrogen-bond donors (Lipinski definition) is 0. The summed E-state index contributed by atoms with van der Waals surface area (Å²) in [4.78, 5) is 41.3. The van der Waals surface area contributed by atoms with Crippen LogP contribution in [0.5, 0.6) is 5.75 Å². The molecular weight excluding hydrogens is 506 g/mol. The third kappa shape index (κ3) is 6.17. The lowest BCUT2D eigenvalue weighted by Crippen LogP contribution is -2.38. The molecule has 0 spiro atoms. The molecule has 0 radical (unpaired) electrons. The number of nitro benzene ring substituents is 1. The Balaban J connectivity index is 1.95. The number of nitrogens with zero attached hydrogens (tertiary/aromatic N) is 5. The topological polar surface area (TPSA) is 129 Å². The standard InChI is InChI=1S/C27H31N5O7/c1-27(2,3)39-26(34)29(4)24-17-21(18-7-6-8-20(15-18)37-5)28-31(25(24)33)23-16-19(9-10-22(23)32(35)36)30-11-13-38-14-12-30/h6-10,15-17H,11-14H2,1-5H3. The summed E-state index contributed by atoms with van der Waals surface area (Å²) in [6.45, 7) is 7.36. The third-order valence-corrected chi connectivity index (χ3v) is 6.05. The highest BCUT2D eigenvalue weighted by Crippen LogP contribution is 2.30. The van der Waals surface area contributed by atoms with E-state index in [1.165, 1.54) is 26.3 Å². The maximum atomic E-state index is 13.8. The Hall–Kier alpha value is -4.45. The lowest BCUT2D eigenvalue weighted by Gasteiger charge is -2.29. The molecule has 4 rings (SSSR count). The van der Waals surface area contributed by atoms with Crippen molar-refractivity contribution in [3.63, 3.8) is 0 Å². The van der Waals surface area contributed by atoms with Crippen molar-refractivity contribution in [2.24, 2.45) is 0 Å². The summed E-state index contributed by atoms with van der Waals surface area (Å²) in [5.41, 5.74) is -0.383. The number of hydrogen-bond acceptors (Lipinski definition) is 9. The average molecular weight is 538 g/mol. The zero-order valence-electron chi connectivity index (χ0n) is 22.5. The molecule has 1 fully saturated rings. The highest BCUT2D eigenvalue weighted by atomic mass is 16.6. The minimum Gasteiger partial charge on any atom is -0.497 e. The molecule has 0 unspecified atom stereocenters. The first-order chi connectivity index (χ1) is 18.5. The van der Waals surface area contributed by atoms with E-state index in [2.05, 4.69) is 5.10 Å². The van der Waals surface area contributed by atoms with Gasteiger partial charge in [-0.25, -0.2) is 4.79 Å². The van der Waals surface area contributed by atoms with Gasteiger partial charge in [0.25, 0.3) is 11.2 Å². The summed E-state index contributed by atoms with van der Waals surface area (Å²) < 4.78 is 17.2. The summed E-state index contributed by atoms with van der Waals surface area (Å²) in [5, 5.41) is 16.6. The van der Waals surface area contributed by atoms with Crippen LogP contribution in [-0.4, -0.2) is 66.9 Å². The summed E-state index contributed by atoms with van der Waals surface area (Å²) in [5.74, 6) is 0.550. The van der Waals surface area contributed by atoms with Crippen LogP contribution in [0.4, 0.5) is 21.9 Å². The van der Waals surface area contributed by atoms with Gasteiger partial charge in [0.1, 0.15) is 22.7 Å². The average Bonchev–Trinajstić information content (AvgIpc) is 2.92. The molecule has 1 saturated heterocycles. The number of morpholine rings is 1. The normalized spacial score (nSPS) is 13.6. The third-order valence-electron chi connectivity index (χ3n) is 6.05. The van der Waals surface area contributed by atoms with Crippen LogP contribution < -0.4 is 20.1 Å². The molecular formula is C27H31N5O7. The molecule has 2 aromatic carbocycles. The van der Waals surface area contributed by atoms with Crippen LogP contribution in [0.25, 0.3) is 16.9 Å². The Kier molecular flexibility index (Phi) is 7.86. The van der Waals surface area contributed by atoms with Crippen LogP contribution in [0.1, 0.15) is 20.8 Å². The van der Waals surface area contributed by atoms with E-state index in [-0.39, 0.29) is 17.1 Å². The minimum absolute atomic E-state index is 0.0300. The molecule has 206 valence electrons. The predicted octanol–water partition coefficient (Wildman–Crippen LogP) is 4.02. The Morgan fingerprint density at radius 3 is 2.49 bits per heavy atom. The van der Waals surface area contributed by atoms with Crippen molar-refractivity contribution in [1.29, 1.82) is 0 Å². The molecule has 1 aliphatic rings. The van der Waals surface area contributed by atoms with E-state index in [4.69, 9.17) is 14.2 Å². The number of benzene rings is 2. The number of methoxy groups -OCH3 is 1. The van der Waals surface area contributed by atoms with Gasteiger partial charge in [0.2, 0.25) is 0 Å². The van der Waals surface area contributed by atoms with E-state index in [9.17, 15) is 19.7 Å². The van der Waals surface area contributed by atoms with Crippen molar-refractivity contribution in [2.45, 2.75) is 26.4 Å². The number of ether oxygens (including phenoxy) is 3. The Labute approximate surface area is 225 Å². The molecule has 1 aromatic heterocycles. The number of amides is 1. The van der Waals surface area contributed by atoms with Gasteiger partial charge in [-0.3, -0.25) is 19.8 Å². The van der Waals surface area contributed by atoms with Crippen LogP contribution in [0.3, 0.4) is 0 Å². The molecule has 2 heterocycles. The van der Waals surface area contributed by atoms with Gasteiger partial charge in [0, 0.05) is 37.5 Å². The number of aromatic nitrogens is 2. The fourth-order valence-electron chi connectivity index (χ4n) is 4.09. The first-order valence-corrected chi connectivity index (χ1v) is 12.4. The van der Waals surface area contributed by atoms with E-state index in [1.54, 1.807) is 57.2 Å². The van der Waals surface area contributed by atoms with Crippen molar-refractivity contribution in [1.82, 2.24) is 9.78 Å². The zero-order chi connectivity index (χ0) is 28.3. The molecule has 0 atom stereocenters. The second-order valence-electron chi connectivity index (χ2n) is 9.93.